The van der Waals surface area contributed by atoms with Crippen molar-refractivity contribution in [3.8, 4) is 0 Å². The molecule has 0 radical (unpaired) electrons. The lowest BCUT2D eigenvalue weighted by atomic mass is 10.2. The van der Waals surface area contributed by atoms with Crippen molar-refractivity contribution >= 4 is 33.6 Å². The summed E-state index contributed by atoms with van der Waals surface area (Å²) in [6.07, 6.45) is 1.62. The Morgan fingerprint density at radius 2 is 2.35 bits per heavy atom. The Morgan fingerprint density at radius 3 is 3.00 bits per heavy atom. The van der Waals surface area contributed by atoms with Gasteiger partial charge in [-0.3, -0.25) is 4.79 Å². The molecule has 0 aromatic heterocycles. The molecular formula is C12H13BrFNOS. The largest absolute Gasteiger partial charge is 0.352 e. The molecule has 0 aliphatic rings. The van der Waals surface area contributed by atoms with Gasteiger partial charge in [0.2, 0.25) is 5.91 Å². The maximum Gasteiger partial charge on any atom is 0.230 e. The van der Waals surface area contributed by atoms with Crippen LogP contribution in [0.1, 0.15) is 5.56 Å². The molecule has 1 aromatic rings. The third kappa shape index (κ3) is 5.37. The predicted octanol–water partition coefficient (Wildman–Crippen LogP) is 3.12. The van der Waals surface area contributed by atoms with Crippen LogP contribution in [0.15, 0.2) is 35.3 Å². The molecule has 0 fully saturated rings. The second kappa shape index (κ2) is 7.50. The molecule has 0 heterocycles. The van der Waals surface area contributed by atoms with Gasteiger partial charge in [0.1, 0.15) is 5.82 Å². The van der Waals surface area contributed by atoms with E-state index in [0.717, 1.165) is 0 Å². The Morgan fingerprint density at radius 1 is 1.59 bits per heavy atom. The zero-order valence-corrected chi connectivity index (χ0v) is 11.6. The van der Waals surface area contributed by atoms with Gasteiger partial charge in [0.05, 0.1) is 5.75 Å². The third-order valence-corrected chi connectivity index (χ3v) is 3.42. The van der Waals surface area contributed by atoms with Crippen LogP contribution in [0.25, 0.3) is 0 Å². The molecule has 1 N–H and O–H groups in total. The number of nitrogens with one attached hydrogen (secondary N) is 1. The fourth-order valence-electron chi connectivity index (χ4n) is 1.13. The number of benzene rings is 1. The van der Waals surface area contributed by atoms with Crippen LogP contribution in [0.4, 0.5) is 4.39 Å². The summed E-state index contributed by atoms with van der Waals surface area (Å²) in [6.45, 7) is 3.97. The van der Waals surface area contributed by atoms with Gasteiger partial charge in [-0.05, 0) is 17.7 Å². The van der Waals surface area contributed by atoms with Gasteiger partial charge in [0.25, 0.3) is 0 Å². The zero-order valence-electron chi connectivity index (χ0n) is 9.21. The summed E-state index contributed by atoms with van der Waals surface area (Å²) >= 11 is 4.58. The molecule has 0 saturated heterocycles. The van der Waals surface area contributed by atoms with Gasteiger partial charge < -0.3 is 5.32 Å². The average molecular weight is 318 g/mol. The van der Waals surface area contributed by atoms with E-state index in [1.165, 1.54) is 17.8 Å². The van der Waals surface area contributed by atoms with E-state index in [4.69, 9.17) is 0 Å². The molecule has 1 amide bonds. The van der Waals surface area contributed by atoms with E-state index in [-0.39, 0.29) is 11.7 Å². The second-order valence-electron chi connectivity index (χ2n) is 3.32. The Labute approximate surface area is 113 Å². The van der Waals surface area contributed by atoms with Crippen molar-refractivity contribution in [1.82, 2.24) is 5.32 Å². The number of thioether (sulfide) groups is 1. The van der Waals surface area contributed by atoms with Gasteiger partial charge in [0.15, 0.2) is 0 Å². The summed E-state index contributed by atoms with van der Waals surface area (Å²) in [6, 6.07) is 4.93. The average Bonchev–Trinajstić information content (AvgIpc) is 2.29. The van der Waals surface area contributed by atoms with Crippen LogP contribution in [0.2, 0.25) is 0 Å². The van der Waals surface area contributed by atoms with E-state index in [1.807, 2.05) is 0 Å². The van der Waals surface area contributed by atoms with Crippen LogP contribution in [-0.2, 0) is 10.5 Å². The van der Waals surface area contributed by atoms with Gasteiger partial charge in [-0.25, -0.2) is 4.39 Å². The van der Waals surface area contributed by atoms with E-state index in [9.17, 15) is 9.18 Å². The zero-order chi connectivity index (χ0) is 12.7. The molecule has 0 aliphatic carbocycles. The minimum atomic E-state index is -0.252. The molecule has 0 aliphatic heterocycles. The van der Waals surface area contributed by atoms with E-state index in [1.54, 1.807) is 18.2 Å². The van der Waals surface area contributed by atoms with Crippen molar-refractivity contribution in [3.05, 3.63) is 46.7 Å². The molecule has 5 heteroatoms. The molecule has 0 atom stereocenters. The Balaban J connectivity index is 2.35. The van der Waals surface area contributed by atoms with Crippen molar-refractivity contribution in [2.24, 2.45) is 0 Å². The summed E-state index contributed by atoms with van der Waals surface area (Å²) in [5.41, 5.74) is 0.606. The van der Waals surface area contributed by atoms with Crippen LogP contribution >= 0.6 is 27.7 Å². The Bertz CT molecular complexity index is 411. The number of hydrogen-bond donors (Lipinski definition) is 1. The molecule has 0 spiro atoms. The monoisotopic (exact) mass is 317 g/mol. The SMILES string of the molecule is C=CCNC(=O)CSCc1ccc(Br)cc1F. The highest BCUT2D eigenvalue weighted by atomic mass is 79.9. The van der Waals surface area contributed by atoms with Crippen molar-refractivity contribution in [3.63, 3.8) is 0 Å². The fourth-order valence-corrected chi connectivity index (χ4v) is 2.31. The van der Waals surface area contributed by atoms with E-state index < -0.39 is 0 Å². The minimum absolute atomic E-state index is 0.0626. The first kappa shape index (κ1) is 14.3. The highest BCUT2D eigenvalue weighted by Gasteiger charge is 2.05. The van der Waals surface area contributed by atoms with Gasteiger partial charge in [0, 0.05) is 16.8 Å². The van der Waals surface area contributed by atoms with Crippen LogP contribution in [0, 0.1) is 5.82 Å². The van der Waals surface area contributed by atoms with Gasteiger partial charge in [-0.2, -0.15) is 0 Å². The van der Waals surface area contributed by atoms with E-state index in [2.05, 4.69) is 27.8 Å². The second-order valence-corrected chi connectivity index (χ2v) is 5.22. The molecule has 1 rings (SSSR count). The summed E-state index contributed by atoms with van der Waals surface area (Å²) < 4.78 is 14.1. The summed E-state index contributed by atoms with van der Waals surface area (Å²) in [5, 5.41) is 2.66. The first-order valence-electron chi connectivity index (χ1n) is 5.02. The first-order valence-corrected chi connectivity index (χ1v) is 6.97. The first-order chi connectivity index (χ1) is 8.13. The number of carbonyl (C=O) groups excluding carboxylic acids is 1. The summed E-state index contributed by atoms with van der Waals surface area (Å²) in [4.78, 5) is 11.3. The molecule has 92 valence electrons. The Hall–Kier alpha value is -0.810. The number of halogens is 2. The maximum atomic E-state index is 13.4. The molecule has 1 aromatic carbocycles. The minimum Gasteiger partial charge on any atom is -0.352 e. The number of rotatable bonds is 6. The number of amides is 1. The molecule has 0 unspecified atom stereocenters. The van der Waals surface area contributed by atoms with Crippen LogP contribution in [0.5, 0.6) is 0 Å². The molecule has 0 bridgehead atoms. The Kier molecular flexibility index (Phi) is 6.29. The summed E-state index contributed by atoms with van der Waals surface area (Å²) in [5.74, 6) is 0.495. The quantitative estimate of drug-likeness (QED) is 0.817. The highest BCUT2D eigenvalue weighted by molar-refractivity contribution is 9.10. The smallest absolute Gasteiger partial charge is 0.230 e. The lowest BCUT2D eigenvalue weighted by molar-refractivity contribution is -0.118. The number of hydrogen-bond acceptors (Lipinski definition) is 2. The van der Waals surface area contributed by atoms with Gasteiger partial charge in [-0.1, -0.05) is 28.1 Å². The van der Waals surface area contributed by atoms with Gasteiger partial charge in [-0.15, -0.1) is 18.3 Å². The van der Waals surface area contributed by atoms with Crippen LogP contribution in [0.3, 0.4) is 0 Å². The van der Waals surface area contributed by atoms with Crippen molar-refractivity contribution < 1.29 is 9.18 Å². The van der Waals surface area contributed by atoms with Crippen molar-refractivity contribution in [2.75, 3.05) is 12.3 Å². The lowest BCUT2D eigenvalue weighted by Gasteiger charge is -2.04. The van der Waals surface area contributed by atoms with Crippen LogP contribution < -0.4 is 5.32 Å². The predicted molar refractivity (Wildman–Crippen MR) is 73.5 cm³/mol. The standard InChI is InChI=1S/C12H13BrFNOS/c1-2-5-15-12(16)8-17-7-9-3-4-10(13)6-11(9)14/h2-4,6H,1,5,7-8H2,(H,15,16). The molecule has 17 heavy (non-hydrogen) atoms. The maximum absolute atomic E-state index is 13.4. The normalized spacial score (nSPS) is 10.0. The van der Waals surface area contributed by atoms with E-state index in [0.29, 0.717) is 28.1 Å². The third-order valence-electron chi connectivity index (χ3n) is 1.95. The lowest BCUT2D eigenvalue weighted by Crippen LogP contribution is -2.24. The number of carbonyl (C=O) groups is 1. The fraction of sp³-hybridized carbons (Fsp3) is 0.250. The molecular weight excluding hydrogens is 305 g/mol. The molecule has 0 saturated carbocycles. The topological polar surface area (TPSA) is 29.1 Å². The van der Waals surface area contributed by atoms with Gasteiger partial charge >= 0.3 is 0 Å². The van der Waals surface area contributed by atoms with Crippen LogP contribution in [-0.4, -0.2) is 18.2 Å². The van der Waals surface area contributed by atoms with E-state index >= 15 is 0 Å². The van der Waals surface area contributed by atoms with Crippen molar-refractivity contribution in [2.45, 2.75) is 5.75 Å². The molecule has 2 nitrogen and oxygen atoms in total. The summed E-state index contributed by atoms with van der Waals surface area (Å²) in [7, 11) is 0. The van der Waals surface area contributed by atoms with Crippen molar-refractivity contribution in [1.29, 1.82) is 0 Å². The highest BCUT2D eigenvalue weighted by Crippen LogP contribution is 2.19.